The summed E-state index contributed by atoms with van der Waals surface area (Å²) in [5.74, 6) is 0.0452. The summed E-state index contributed by atoms with van der Waals surface area (Å²) < 4.78 is 0.796. The molecule has 1 atom stereocenters. The maximum Gasteiger partial charge on any atom is 0.242 e. The Morgan fingerprint density at radius 2 is 2.47 bits per heavy atom. The summed E-state index contributed by atoms with van der Waals surface area (Å²) in [6.07, 6.45) is 2.22. The molecule has 6 heteroatoms. The van der Waals surface area contributed by atoms with Crippen LogP contribution in [0.1, 0.15) is 19.8 Å². The first kappa shape index (κ1) is 10.9. The lowest BCUT2D eigenvalue weighted by Gasteiger charge is -2.12. The smallest absolute Gasteiger partial charge is 0.242 e. The number of rotatable bonds is 4. The summed E-state index contributed by atoms with van der Waals surface area (Å²) in [6.45, 7) is 1.84. The van der Waals surface area contributed by atoms with E-state index in [1.54, 1.807) is 0 Å². The van der Waals surface area contributed by atoms with Crippen LogP contribution in [-0.2, 0) is 4.79 Å². The number of nitrogens with one attached hydrogen (secondary N) is 2. The van der Waals surface area contributed by atoms with Gasteiger partial charge in [-0.05, 0) is 35.7 Å². The highest BCUT2D eigenvalue weighted by molar-refractivity contribution is 9.10. The molecule has 1 aromatic rings. The molecular weight excluding hydrogens is 278 g/mol. The lowest BCUT2D eigenvalue weighted by atomic mass is 10.3. The van der Waals surface area contributed by atoms with E-state index < -0.39 is 0 Å². The van der Waals surface area contributed by atoms with Gasteiger partial charge in [-0.1, -0.05) is 0 Å². The number of halogens is 1. The van der Waals surface area contributed by atoms with E-state index in [0.29, 0.717) is 6.04 Å². The van der Waals surface area contributed by atoms with Crippen molar-refractivity contribution < 1.29 is 4.79 Å². The molecule has 4 nitrogen and oxygen atoms in total. The van der Waals surface area contributed by atoms with E-state index in [2.05, 4.69) is 31.5 Å². The minimum Gasteiger partial charge on any atom is -0.352 e. The van der Waals surface area contributed by atoms with E-state index in [1.165, 1.54) is 11.3 Å². The zero-order valence-electron chi connectivity index (χ0n) is 8.29. The predicted molar refractivity (Wildman–Crippen MR) is 64.1 cm³/mol. The minimum atomic E-state index is -0.233. The maximum absolute atomic E-state index is 11.6. The van der Waals surface area contributed by atoms with E-state index in [4.69, 9.17) is 0 Å². The molecule has 1 aromatic heterocycles. The van der Waals surface area contributed by atoms with E-state index in [0.717, 1.165) is 22.6 Å². The van der Waals surface area contributed by atoms with Crippen LogP contribution in [0.15, 0.2) is 9.98 Å². The highest BCUT2D eigenvalue weighted by atomic mass is 79.9. The van der Waals surface area contributed by atoms with Crippen LogP contribution in [0.25, 0.3) is 0 Å². The molecule has 1 aliphatic rings. The van der Waals surface area contributed by atoms with Gasteiger partial charge in [0, 0.05) is 11.4 Å². The molecule has 1 amide bonds. The zero-order valence-corrected chi connectivity index (χ0v) is 10.7. The molecule has 1 aliphatic carbocycles. The van der Waals surface area contributed by atoms with Gasteiger partial charge in [0.1, 0.15) is 10.6 Å². The van der Waals surface area contributed by atoms with Crippen LogP contribution < -0.4 is 10.6 Å². The fraction of sp³-hybridized carbons (Fsp3) is 0.556. The molecule has 1 fully saturated rings. The summed E-state index contributed by atoms with van der Waals surface area (Å²) in [5, 5.41) is 8.65. The average molecular weight is 290 g/mol. The SMILES string of the molecule is CC(Nc1nc(Br)cs1)C(=O)NC1CC1. The topological polar surface area (TPSA) is 54.0 Å². The Balaban J connectivity index is 1.84. The summed E-state index contributed by atoms with van der Waals surface area (Å²) in [7, 11) is 0. The lowest BCUT2D eigenvalue weighted by Crippen LogP contribution is -2.38. The van der Waals surface area contributed by atoms with Gasteiger partial charge in [0.05, 0.1) is 0 Å². The first-order chi connectivity index (χ1) is 7.15. The quantitative estimate of drug-likeness (QED) is 0.891. The first-order valence-electron chi connectivity index (χ1n) is 4.83. The number of carbonyl (C=O) groups excluding carboxylic acids is 1. The van der Waals surface area contributed by atoms with Gasteiger partial charge in [-0.25, -0.2) is 4.98 Å². The molecule has 1 saturated carbocycles. The van der Waals surface area contributed by atoms with Crippen molar-refractivity contribution in [1.29, 1.82) is 0 Å². The van der Waals surface area contributed by atoms with Crippen LogP contribution in [-0.4, -0.2) is 23.0 Å². The monoisotopic (exact) mass is 289 g/mol. The Labute approximate surface area is 101 Å². The van der Waals surface area contributed by atoms with Gasteiger partial charge in [0.2, 0.25) is 5.91 Å². The number of carbonyl (C=O) groups is 1. The van der Waals surface area contributed by atoms with Crippen LogP contribution in [0, 0.1) is 0 Å². The van der Waals surface area contributed by atoms with E-state index >= 15 is 0 Å². The van der Waals surface area contributed by atoms with Crippen molar-refractivity contribution in [1.82, 2.24) is 10.3 Å². The molecular formula is C9H12BrN3OS. The van der Waals surface area contributed by atoms with Gasteiger partial charge in [0.25, 0.3) is 0 Å². The van der Waals surface area contributed by atoms with Gasteiger partial charge in [-0.3, -0.25) is 4.79 Å². The molecule has 1 heterocycles. The summed E-state index contributed by atoms with van der Waals surface area (Å²) >= 11 is 4.75. The van der Waals surface area contributed by atoms with Crippen LogP contribution in [0.5, 0.6) is 0 Å². The molecule has 82 valence electrons. The molecule has 2 N–H and O–H groups in total. The predicted octanol–water partition coefficient (Wildman–Crippen LogP) is 1.98. The van der Waals surface area contributed by atoms with Crippen molar-refractivity contribution in [2.45, 2.75) is 31.8 Å². The van der Waals surface area contributed by atoms with Gasteiger partial charge in [0.15, 0.2) is 5.13 Å². The summed E-state index contributed by atoms with van der Waals surface area (Å²) in [5.41, 5.74) is 0. The summed E-state index contributed by atoms with van der Waals surface area (Å²) in [6, 6.07) is 0.174. The highest BCUT2D eigenvalue weighted by Crippen LogP contribution is 2.21. The van der Waals surface area contributed by atoms with Crippen molar-refractivity contribution in [3.8, 4) is 0 Å². The van der Waals surface area contributed by atoms with Crippen LogP contribution in [0.2, 0.25) is 0 Å². The Morgan fingerprint density at radius 3 is 3.00 bits per heavy atom. The number of amides is 1. The Morgan fingerprint density at radius 1 is 1.73 bits per heavy atom. The van der Waals surface area contributed by atoms with Gasteiger partial charge in [-0.2, -0.15) is 0 Å². The normalized spacial score (nSPS) is 17.2. The van der Waals surface area contributed by atoms with Crippen LogP contribution in [0.3, 0.4) is 0 Å². The second-order valence-corrected chi connectivity index (χ2v) is 5.29. The van der Waals surface area contributed by atoms with Crippen molar-refractivity contribution in [2.24, 2.45) is 0 Å². The molecule has 1 unspecified atom stereocenters. The lowest BCUT2D eigenvalue weighted by molar-refractivity contribution is -0.121. The van der Waals surface area contributed by atoms with Crippen molar-refractivity contribution in [3.05, 3.63) is 9.98 Å². The largest absolute Gasteiger partial charge is 0.352 e. The zero-order chi connectivity index (χ0) is 10.8. The second kappa shape index (κ2) is 4.49. The molecule has 2 rings (SSSR count). The third-order valence-electron chi connectivity index (χ3n) is 2.13. The fourth-order valence-corrected chi connectivity index (χ4v) is 2.36. The minimum absolute atomic E-state index is 0.0452. The standard InChI is InChI=1S/C9H12BrN3OS/c1-5(8(14)12-6-2-3-6)11-9-13-7(10)4-15-9/h4-6H,2-3H2,1H3,(H,11,13)(H,12,14). The Hall–Kier alpha value is -0.620. The number of aromatic nitrogens is 1. The fourth-order valence-electron chi connectivity index (χ4n) is 1.13. The number of nitrogens with zero attached hydrogens (tertiary/aromatic N) is 1. The number of hydrogen-bond donors (Lipinski definition) is 2. The third-order valence-corrected chi connectivity index (χ3v) is 3.62. The maximum atomic E-state index is 11.6. The molecule has 0 bridgehead atoms. The highest BCUT2D eigenvalue weighted by Gasteiger charge is 2.25. The van der Waals surface area contributed by atoms with Crippen LogP contribution in [0.4, 0.5) is 5.13 Å². The number of anilines is 1. The van der Waals surface area contributed by atoms with Gasteiger partial charge in [-0.15, -0.1) is 11.3 Å². The molecule has 0 spiro atoms. The molecule has 0 saturated heterocycles. The molecule has 0 aromatic carbocycles. The van der Waals surface area contributed by atoms with E-state index in [1.807, 2.05) is 12.3 Å². The Kier molecular flexibility index (Phi) is 3.25. The third kappa shape index (κ3) is 3.17. The Bertz CT molecular complexity index is 364. The number of thiazole rings is 1. The molecule has 0 radical (unpaired) electrons. The van der Waals surface area contributed by atoms with Crippen molar-refractivity contribution in [3.63, 3.8) is 0 Å². The average Bonchev–Trinajstić information content (AvgIpc) is 2.90. The molecule has 0 aliphatic heterocycles. The second-order valence-electron chi connectivity index (χ2n) is 3.62. The van der Waals surface area contributed by atoms with Crippen LogP contribution >= 0.6 is 27.3 Å². The van der Waals surface area contributed by atoms with E-state index in [-0.39, 0.29) is 11.9 Å². The summed E-state index contributed by atoms with van der Waals surface area (Å²) in [4.78, 5) is 15.8. The van der Waals surface area contributed by atoms with Crippen molar-refractivity contribution >= 4 is 38.3 Å². The van der Waals surface area contributed by atoms with Gasteiger partial charge < -0.3 is 10.6 Å². The first-order valence-corrected chi connectivity index (χ1v) is 6.50. The molecule has 15 heavy (non-hydrogen) atoms. The van der Waals surface area contributed by atoms with Gasteiger partial charge >= 0.3 is 0 Å². The number of hydrogen-bond acceptors (Lipinski definition) is 4. The van der Waals surface area contributed by atoms with E-state index in [9.17, 15) is 4.79 Å². The van der Waals surface area contributed by atoms with Crippen molar-refractivity contribution in [2.75, 3.05) is 5.32 Å².